The van der Waals surface area contributed by atoms with Gasteiger partial charge in [-0.05, 0) is 18.2 Å². The molecule has 0 saturated heterocycles. The predicted molar refractivity (Wildman–Crippen MR) is 55.3 cm³/mol. The second-order valence-corrected chi connectivity index (χ2v) is 5.20. The molecule has 0 amide bonds. The zero-order valence-corrected chi connectivity index (χ0v) is 9.30. The molecule has 74 valence electrons. The van der Waals surface area contributed by atoms with Gasteiger partial charge in [-0.3, -0.25) is 0 Å². The van der Waals surface area contributed by atoms with Gasteiger partial charge in [-0.2, -0.15) is 0 Å². The van der Waals surface area contributed by atoms with Gasteiger partial charge in [0, 0.05) is 15.9 Å². The highest BCUT2D eigenvalue weighted by molar-refractivity contribution is 9.10. The summed E-state index contributed by atoms with van der Waals surface area (Å²) in [4.78, 5) is 0. The predicted octanol–water partition coefficient (Wildman–Crippen LogP) is 1.84. The van der Waals surface area contributed by atoms with E-state index in [1.165, 1.54) is 6.07 Å². The number of benzene rings is 1. The van der Waals surface area contributed by atoms with E-state index in [4.69, 9.17) is 9.56 Å². The summed E-state index contributed by atoms with van der Waals surface area (Å²) in [5.41, 5.74) is 0.497. The van der Waals surface area contributed by atoms with Gasteiger partial charge in [0.15, 0.2) is 0 Å². The van der Waals surface area contributed by atoms with E-state index in [0.29, 0.717) is 11.0 Å². The van der Waals surface area contributed by atoms with Crippen LogP contribution in [0, 0.1) is 0 Å². The van der Waals surface area contributed by atoms with Gasteiger partial charge in [0.05, 0.1) is 0 Å². The number of hydrogen-bond acceptors (Lipinski definition) is 3. The van der Waals surface area contributed by atoms with Crippen LogP contribution in [0.1, 0.15) is 0 Å². The van der Waals surface area contributed by atoms with Crippen LogP contribution < -0.4 is 5.14 Å². The van der Waals surface area contributed by atoms with Gasteiger partial charge in [-0.25, -0.2) is 13.6 Å². The molecule has 0 radical (unpaired) electrons. The molecule has 0 aliphatic heterocycles. The summed E-state index contributed by atoms with van der Waals surface area (Å²) in [6.07, 6.45) is 0. The van der Waals surface area contributed by atoms with Crippen molar-refractivity contribution in [1.82, 2.24) is 0 Å². The van der Waals surface area contributed by atoms with Gasteiger partial charge in [0.1, 0.15) is 5.58 Å². The van der Waals surface area contributed by atoms with Crippen molar-refractivity contribution in [2.75, 3.05) is 0 Å². The van der Waals surface area contributed by atoms with Gasteiger partial charge in [-0.1, -0.05) is 15.9 Å². The van der Waals surface area contributed by atoms with Crippen LogP contribution in [0.4, 0.5) is 0 Å². The Morgan fingerprint density at radius 2 is 2.00 bits per heavy atom. The lowest BCUT2D eigenvalue weighted by Crippen LogP contribution is -2.10. The minimum Gasteiger partial charge on any atom is -0.443 e. The summed E-state index contributed by atoms with van der Waals surface area (Å²) >= 11 is 3.27. The molecule has 1 heterocycles. The molecule has 6 heteroatoms. The Bertz CT molecular complexity index is 588. The maximum Gasteiger partial charge on any atom is 0.271 e. The van der Waals surface area contributed by atoms with Crippen molar-refractivity contribution in [3.63, 3.8) is 0 Å². The van der Waals surface area contributed by atoms with E-state index < -0.39 is 10.0 Å². The molecule has 0 atom stereocenters. The summed E-state index contributed by atoms with van der Waals surface area (Å²) < 4.78 is 27.8. The van der Waals surface area contributed by atoms with E-state index in [1.54, 1.807) is 18.2 Å². The number of sulfonamides is 1. The Morgan fingerprint density at radius 3 is 2.64 bits per heavy atom. The van der Waals surface area contributed by atoms with Crippen LogP contribution in [-0.2, 0) is 10.0 Å². The third-order valence-corrected chi connectivity index (χ3v) is 2.99. The zero-order chi connectivity index (χ0) is 10.3. The second-order valence-electron chi connectivity index (χ2n) is 2.79. The number of furan rings is 1. The van der Waals surface area contributed by atoms with Crippen LogP contribution in [0.25, 0.3) is 11.0 Å². The molecule has 0 spiro atoms. The lowest BCUT2D eigenvalue weighted by molar-refractivity contribution is 0.482. The Morgan fingerprint density at radius 1 is 1.29 bits per heavy atom. The Kier molecular flexibility index (Phi) is 2.13. The van der Waals surface area contributed by atoms with Gasteiger partial charge >= 0.3 is 0 Å². The molecule has 1 aromatic heterocycles. The fraction of sp³-hybridized carbons (Fsp3) is 0. The third-order valence-electron chi connectivity index (χ3n) is 1.74. The molecule has 2 rings (SSSR count). The van der Waals surface area contributed by atoms with E-state index in [-0.39, 0.29) is 5.09 Å². The maximum absolute atomic E-state index is 11.0. The summed E-state index contributed by atoms with van der Waals surface area (Å²) in [7, 11) is -3.76. The normalized spacial score (nSPS) is 12.1. The van der Waals surface area contributed by atoms with Crippen molar-refractivity contribution in [3.8, 4) is 0 Å². The topological polar surface area (TPSA) is 73.3 Å². The van der Waals surface area contributed by atoms with Gasteiger partial charge in [-0.15, -0.1) is 0 Å². The largest absolute Gasteiger partial charge is 0.443 e. The molecule has 2 aromatic rings. The summed E-state index contributed by atoms with van der Waals surface area (Å²) in [5.74, 6) is 0. The summed E-state index contributed by atoms with van der Waals surface area (Å²) in [5, 5.41) is 5.41. The van der Waals surface area contributed by atoms with Gasteiger partial charge < -0.3 is 4.42 Å². The molecule has 2 N–H and O–H groups in total. The van der Waals surface area contributed by atoms with E-state index in [9.17, 15) is 8.42 Å². The first-order valence-electron chi connectivity index (χ1n) is 3.69. The Balaban J connectivity index is 2.75. The van der Waals surface area contributed by atoms with Crippen LogP contribution in [0.3, 0.4) is 0 Å². The lowest BCUT2D eigenvalue weighted by atomic mass is 10.3. The van der Waals surface area contributed by atoms with Crippen molar-refractivity contribution < 1.29 is 12.8 Å². The SMILES string of the molecule is NS(=O)(=O)c1cc2cc(Br)ccc2o1. The smallest absolute Gasteiger partial charge is 0.271 e. The lowest BCUT2D eigenvalue weighted by Gasteiger charge is -1.88. The fourth-order valence-electron chi connectivity index (χ4n) is 1.13. The first-order valence-corrected chi connectivity index (χ1v) is 6.03. The van der Waals surface area contributed by atoms with E-state index in [2.05, 4.69) is 15.9 Å². The highest BCUT2D eigenvalue weighted by atomic mass is 79.9. The Labute approximate surface area is 88.9 Å². The first-order chi connectivity index (χ1) is 6.47. The quantitative estimate of drug-likeness (QED) is 0.863. The third kappa shape index (κ3) is 1.68. The standard InChI is InChI=1S/C8H6BrNO3S/c9-6-1-2-7-5(3-6)4-8(13-7)14(10,11)12/h1-4H,(H2,10,11,12). The van der Waals surface area contributed by atoms with Crippen molar-refractivity contribution >= 4 is 36.9 Å². The first kappa shape index (κ1) is 9.70. The molecule has 1 aromatic carbocycles. The molecule has 0 aliphatic rings. The summed E-state index contributed by atoms with van der Waals surface area (Å²) in [6, 6.07) is 6.59. The average molecular weight is 276 g/mol. The maximum atomic E-state index is 11.0. The molecule has 14 heavy (non-hydrogen) atoms. The molecule has 4 nitrogen and oxygen atoms in total. The van der Waals surface area contributed by atoms with Crippen LogP contribution in [0.2, 0.25) is 0 Å². The number of halogens is 1. The van der Waals surface area contributed by atoms with Crippen molar-refractivity contribution in [2.24, 2.45) is 5.14 Å². The average Bonchev–Trinajstić information content (AvgIpc) is 2.45. The minimum atomic E-state index is -3.76. The summed E-state index contributed by atoms with van der Waals surface area (Å²) in [6.45, 7) is 0. The van der Waals surface area contributed by atoms with Gasteiger partial charge in [0.2, 0.25) is 5.09 Å². The van der Waals surface area contributed by atoms with E-state index in [1.807, 2.05) is 0 Å². The van der Waals surface area contributed by atoms with Gasteiger partial charge in [0.25, 0.3) is 10.0 Å². The van der Waals surface area contributed by atoms with Crippen molar-refractivity contribution in [1.29, 1.82) is 0 Å². The number of rotatable bonds is 1. The van der Waals surface area contributed by atoms with Crippen molar-refractivity contribution in [2.45, 2.75) is 5.09 Å². The fourth-order valence-corrected chi connectivity index (χ4v) is 2.01. The molecule has 0 fully saturated rings. The molecule has 0 unspecified atom stereocenters. The Hall–Kier alpha value is -0.850. The van der Waals surface area contributed by atoms with Crippen LogP contribution >= 0.6 is 15.9 Å². The highest BCUT2D eigenvalue weighted by Gasteiger charge is 2.13. The highest BCUT2D eigenvalue weighted by Crippen LogP contribution is 2.24. The van der Waals surface area contributed by atoms with E-state index in [0.717, 1.165) is 4.47 Å². The zero-order valence-electron chi connectivity index (χ0n) is 6.90. The van der Waals surface area contributed by atoms with Crippen molar-refractivity contribution in [3.05, 3.63) is 28.7 Å². The minimum absolute atomic E-state index is 0.217. The number of hydrogen-bond donors (Lipinski definition) is 1. The monoisotopic (exact) mass is 275 g/mol. The molecule has 0 aliphatic carbocycles. The van der Waals surface area contributed by atoms with E-state index >= 15 is 0 Å². The van der Waals surface area contributed by atoms with Crippen LogP contribution in [0.15, 0.2) is 38.2 Å². The molecular formula is C8H6BrNO3S. The molecule has 0 saturated carbocycles. The number of primary sulfonamides is 1. The van der Waals surface area contributed by atoms with Crippen LogP contribution in [-0.4, -0.2) is 8.42 Å². The number of nitrogens with two attached hydrogens (primary N) is 1. The molecule has 0 bridgehead atoms. The molecular weight excluding hydrogens is 270 g/mol. The van der Waals surface area contributed by atoms with Crippen LogP contribution in [0.5, 0.6) is 0 Å². The second kappa shape index (κ2) is 3.08. The number of fused-ring (bicyclic) bond motifs is 1.